The Labute approximate surface area is 169 Å². The predicted octanol–water partition coefficient (Wildman–Crippen LogP) is 3.08. The van der Waals surface area contributed by atoms with Gasteiger partial charge < -0.3 is 4.90 Å². The van der Waals surface area contributed by atoms with Gasteiger partial charge in [0.25, 0.3) is 0 Å². The average molecular weight is 402 g/mol. The van der Waals surface area contributed by atoms with Crippen molar-refractivity contribution in [3.8, 4) is 0 Å². The second kappa shape index (κ2) is 8.64. The topological polar surface area (TPSA) is 52.7 Å². The zero-order chi connectivity index (χ0) is 20.2. The van der Waals surface area contributed by atoms with Crippen molar-refractivity contribution < 1.29 is 8.42 Å². The molecule has 5 nitrogen and oxygen atoms in total. The van der Waals surface area contributed by atoms with Gasteiger partial charge in [0.15, 0.2) is 0 Å². The monoisotopic (exact) mass is 401 g/mol. The predicted molar refractivity (Wildman–Crippen MR) is 115 cm³/mol. The van der Waals surface area contributed by atoms with Crippen LogP contribution in [0.3, 0.4) is 0 Å². The van der Waals surface area contributed by atoms with Gasteiger partial charge in [-0.3, -0.25) is 4.90 Å². The van der Waals surface area contributed by atoms with Gasteiger partial charge in [0.05, 0.1) is 4.90 Å². The molecule has 2 aromatic rings. The summed E-state index contributed by atoms with van der Waals surface area (Å²) in [5, 5.41) is 0. The van der Waals surface area contributed by atoms with Gasteiger partial charge in [-0.1, -0.05) is 51.1 Å². The van der Waals surface area contributed by atoms with E-state index < -0.39 is 10.0 Å². The van der Waals surface area contributed by atoms with Gasteiger partial charge in [0.2, 0.25) is 10.0 Å². The maximum absolute atomic E-state index is 12.5. The number of nitrogens with one attached hydrogen (secondary N) is 1. The fourth-order valence-electron chi connectivity index (χ4n) is 3.42. The second-order valence-corrected chi connectivity index (χ2v) is 10.1. The molecule has 6 heteroatoms. The summed E-state index contributed by atoms with van der Waals surface area (Å²) in [5.41, 5.74) is 2.39. The smallest absolute Gasteiger partial charge is 0.240 e. The van der Waals surface area contributed by atoms with Crippen LogP contribution in [0.2, 0.25) is 0 Å². The lowest BCUT2D eigenvalue weighted by atomic mass is 9.87. The maximum Gasteiger partial charge on any atom is 0.240 e. The van der Waals surface area contributed by atoms with Gasteiger partial charge in [-0.2, -0.15) is 0 Å². The molecule has 0 spiro atoms. The number of hydrogen-bond acceptors (Lipinski definition) is 4. The van der Waals surface area contributed by atoms with Crippen molar-refractivity contribution in [3.05, 3.63) is 60.2 Å². The average Bonchev–Trinajstić information content (AvgIpc) is 2.68. The molecule has 2 aromatic carbocycles. The normalized spacial score (nSPS) is 16.3. The number of rotatable bonds is 6. The highest BCUT2D eigenvalue weighted by atomic mass is 32.2. The quantitative estimate of drug-likeness (QED) is 0.808. The highest BCUT2D eigenvalue weighted by molar-refractivity contribution is 7.89. The van der Waals surface area contributed by atoms with E-state index in [0.29, 0.717) is 11.4 Å². The molecule has 1 heterocycles. The first kappa shape index (κ1) is 20.8. The van der Waals surface area contributed by atoms with Crippen LogP contribution in [0.15, 0.2) is 59.5 Å². The van der Waals surface area contributed by atoms with Gasteiger partial charge in [0, 0.05) is 45.0 Å². The lowest BCUT2D eigenvalue weighted by Crippen LogP contribution is -2.48. The highest BCUT2D eigenvalue weighted by Crippen LogP contribution is 2.23. The van der Waals surface area contributed by atoms with Crippen LogP contribution in [-0.4, -0.2) is 52.6 Å². The summed E-state index contributed by atoms with van der Waals surface area (Å²) in [6.07, 6.45) is 0. The van der Waals surface area contributed by atoms with Gasteiger partial charge in [-0.25, -0.2) is 13.1 Å². The molecule has 1 aliphatic rings. The molecule has 0 amide bonds. The van der Waals surface area contributed by atoms with Gasteiger partial charge in [-0.05, 0) is 35.2 Å². The van der Waals surface area contributed by atoms with Crippen molar-refractivity contribution in [2.45, 2.75) is 31.1 Å². The third kappa shape index (κ3) is 5.34. The van der Waals surface area contributed by atoms with Crippen LogP contribution in [0.4, 0.5) is 5.69 Å². The molecule has 0 aliphatic carbocycles. The van der Waals surface area contributed by atoms with Crippen LogP contribution in [-0.2, 0) is 15.4 Å². The van der Waals surface area contributed by atoms with E-state index in [-0.39, 0.29) is 5.41 Å². The molecule has 0 atom stereocenters. The molecule has 0 aromatic heterocycles. The van der Waals surface area contributed by atoms with E-state index in [1.54, 1.807) is 12.1 Å². The Morgan fingerprint density at radius 2 is 1.50 bits per heavy atom. The highest BCUT2D eigenvalue weighted by Gasteiger charge is 2.19. The number of hydrogen-bond donors (Lipinski definition) is 1. The summed E-state index contributed by atoms with van der Waals surface area (Å²) in [7, 11) is -3.46. The second-order valence-electron chi connectivity index (χ2n) is 8.34. The molecule has 0 saturated carbocycles. The summed E-state index contributed by atoms with van der Waals surface area (Å²) < 4.78 is 27.8. The van der Waals surface area contributed by atoms with Crippen molar-refractivity contribution in [3.63, 3.8) is 0 Å². The van der Waals surface area contributed by atoms with E-state index in [9.17, 15) is 8.42 Å². The van der Waals surface area contributed by atoms with E-state index in [1.807, 2.05) is 18.2 Å². The van der Waals surface area contributed by atoms with Crippen molar-refractivity contribution in [1.82, 2.24) is 9.62 Å². The number of nitrogens with zero attached hydrogens (tertiary/aromatic N) is 2. The van der Waals surface area contributed by atoms with E-state index in [2.05, 4.69) is 59.6 Å². The summed E-state index contributed by atoms with van der Waals surface area (Å²) >= 11 is 0. The minimum absolute atomic E-state index is 0.0115. The number of anilines is 1. The Kier molecular flexibility index (Phi) is 6.43. The Bertz CT molecular complexity index is 851. The first-order valence-electron chi connectivity index (χ1n) is 9.88. The van der Waals surface area contributed by atoms with Crippen molar-refractivity contribution >= 4 is 15.7 Å². The van der Waals surface area contributed by atoms with Gasteiger partial charge in [-0.15, -0.1) is 0 Å². The summed E-state index contributed by atoms with van der Waals surface area (Å²) in [5.74, 6) is 0. The van der Waals surface area contributed by atoms with Crippen LogP contribution in [0.1, 0.15) is 26.3 Å². The fourth-order valence-corrected chi connectivity index (χ4v) is 4.45. The van der Waals surface area contributed by atoms with Crippen LogP contribution in [0.25, 0.3) is 0 Å². The SMILES string of the molecule is CC(C)(C)c1ccc(S(=O)(=O)NCCN2CCN(c3ccccc3)CC2)cc1. The summed E-state index contributed by atoms with van der Waals surface area (Å²) in [6, 6.07) is 17.6. The molecule has 0 unspecified atom stereocenters. The Hall–Kier alpha value is -1.89. The Morgan fingerprint density at radius 3 is 2.07 bits per heavy atom. The van der Waals surface area contributed by atoms with Crippen molar-refractivity contribution in [1.29, 1.82) is 0 Å². The summed E-state index contributed by atoms with van der Waals surface area (Å²) in [4.78, 5) is 5.01. The molecule has 1 saturated heterocycles. The third-order valence-corrected chi connectivity index (χ3v) is 6.72. The Balaban J connectivity index is 1.47. The van der Waals surface area contributed by atoms with Crippen molar-refractivity contribution in [2.24, 2.45) is 0 Å². The molecule has 28 heavy (non-hydrogen) atoms. The summed E-state index contributed by atoms with van der Waals surface area (Å²) in [6.45, 7) is 11.3. The maximum atomic E-state index is 12.5. The standard InChI is InChI=1S/C22H31N3O2S/c1-22(2,3)19-9-11-21(12-10-19)28(26,27)23-13-14-24-15-17-25(18-16-24)20-7-5-4-6-8-20/h4-12,23H,13-18H2,1-3H3. The number of benzene rings is 2. The largest absolute Gasteiger partial charge is 0.369 e. The molecule has 1 fully saturated rings. The van der Waals surface area contributed by atoms with Gasteiger partial charge in [0.1, 0.15) is 0 Å². The molecule has 1 N–H and O–H groups in total. The zero-order valence-corrected chi connectivity index (χ0v) is 17.9. The Morgan fingerprint density at radius 1 is 0.893 bits per heavy atom. The van der Waals surface area contributed by atoms with E-state index >= 15 is 0 Å². The fraction of sp³-hybridized carbons (Fsp3) is 0.455. The minimum Gasteiger partial charge on any atom is -0.369 e. The number of sulfonamides is 1. The number of piperazine rings is 1. The lowest BCUT2D eigenvalue weighted by molar-refractivity contribution is 0.262. The van der Waals surface area contributed by atoms with E-state index in [0.717, 1.165) is 38.3 Å². The zero-order valence-electron chi connectivity index (χ0n) is 17.1. The van der Waals surface area contributed by atoms with Gasteiger partial charge >= 0.3 is 0 Å². The van der Waals surface area contributed by atoms with E-state index in [1.165, 1.54) is 5.69 Å². The molecular formula is C22H31N3O2S. The molecule has 0 radical (unpaired) electrons. The lowest BCUT2D eigenvalue weighted by Gasteiger charge is -2.36. The molecule has 3 rings (SSSR count). The number of para-hydroxylation sites is 1. The first-order valence-corrected chi connectivity index (χ1v) is 11.4. The third-order valence-electron chi connectivity index (χ3n) is 5.24. The van der Waals surface area contributed by atoms with Crippen LogP contribution >= 0.6 is 0 Å². The molecule has 152 valence electrons. The first-order chi connectivity index (χ1) is 13.3. The molecule has 0 bridgehead atoms. The molecular weight excluding hydrogens is 370 g/mol. The van der Waals surface area contributed by atoms with Crippen LogP contribution < -0.4 is 9.62 Å². The van der Waals surface area contributed by atoms with E-state index in [4.69, 9.17) is 0 Å². The van der Waals surface area contributed by atoms with Crippen LogP contribution in [0.5, 0.6) is 0 Å². The van der Waals surface area contributed by atoms with Crippen molar-refractivity contribution in [2.75, 3.05) is 44.2 Å². The minimum atomic E-state index is -3.46. The molecule has 1 aliphatic heterocycles. The van der Waals surface area contributed by atoms with Crippen LogP contribution in [0, 0.1) is 0 Å².